The zero-order chi connectivity index (χ0) is 12.3. The lowest BCUT2D eigenvalue weighted by atomic mass is 10.0. The Bertz CT molecular complexity index is 543. The molecule has 0 aliphatic heterocycles. The largest absolute Gasteiger partial charge is 0.383 e. The molecule has 0 saturated carbocycles. The molecule has 0 saturated heterocycles. The van der Waals surface area contributed by atoms with Gasteiger partial charge in [0.1, 0.15) is 5.82 Å². The van der Waals surface area contributed by atoms with Crippen molar-refractivity contribution in [3.05, 3.63) is 52.9 Å². The SMILES string of the molecule is Nc1ncc(Cl)cc1C(=O)Cc1ccncc1. The van der Waals surface area contributed by atoms with Crippen LogP contribution in [0.25, 0.3) is 0 Å². The molecule has 0 aliphatic carbocycles. The lowest BCUT2D eigenvalue weighted by molar-refractivity contribution is 0.0993. The first-order valence-corrected chi connectivity index (χ1v) is 5.38. The van der Waals surface area contributed by atoms with Gasteiger partial charge in [0.25, 0.3) is 0 Å². The van der Waals surface area contributed by atoms with Crippen LogP contribution < -0.4 is 5.73 Å². The summed E-state index contributed by atoms with van der Waals surface area (Å²) in [5, 5.41) is 0.400. The Morgan fingerprint density at radius 1 is 1.35 bits per heavy atom. The van der Waals surface area contributed by atoms with Gasteiger partial charge in [-0.15, -0.1) is 0 Å². The summed E-state index contributed by atoms with van der Waals surface area (Å²) >= 11 is 5.78. The molecule has 0 atom stereocenters. The van der Waals surface area contributed by atoms with Gasteiger partial charge in [-0.1, -0.05) is 11.6 Å². The van der Waals surface area contributed by atoms with Crippen molar-refractivity contribution in [2.45, 2.75) is 6.42 Å². The van der Waals surface area contributed by atoms with Crippen LogP contribution in [0.5, 0.6) is 0 Å². The number of nitrogens with two attached hydrogens (primary N) is 1. The Morgan fingerprint density at radius 2 is 2.06 bits per heavy atom. The number of carbonyl (C=O) groups is 1. The first-order valence-electron chi connectivity index (χ1n) is 5.00. The summed E-state index contributed by atoms with van der Waals surface area (Å²) in [5.74, 6) is 0.0946. The van der Waals surface area contributed by atoms with Crippen molar-refractivity contribution in [3.63, 3.8) is 0 Å². The molecule has 2 rings (SSSR count). The molecule has 5 heteroatoms. The average molecular weight is 248 g/mol. The minimum absolute atomic E-state index is 0.108. The number of anilines is 1. The first-order chi connectivity index (χ1) is 8.16. The summed E-state index contributed by atoms with van der Waals surface area (Å²) in [4.78, 5) is 19.7. The predicted octanol–water partition coefficient (Wildman–Crippen LogP) is 2.14. The Kier molecular flexibility index (Phi) is 3.35. The van der Waals surface area contributed by atoms with Gasteiger partial charge in [-0.25, -0.2) is 4.98 Å². The number of aromatic nitrogens is 2. The molecule has 0 unspecified atom stereocenters. The first kappa shape index (κ1) is 11.5. The highest BCUT2D eigenvalue weighted by atomic mass is 35.5. The van der Waals surface area contributed by atoms with Crippen molar-refractivity contribution in [1.82, 2.24) is 9.97 Å². The summed E-state index contributed by atoms with van der Waals surface area (Å²) in [6.45, 7) is 0. The van der Waals surface area contributed by atoms with Crippen LogP contribution in [0.3, 0.4) is 0 Å². The number of hydrogen-bond donors (Lipinski definition) is 1. The molecule has 0 amide bonds. The van der Waals surface area contributed by atoms with Crippen LogP contribution >= 0.6 is 11.6 Å². The molecule has 17 heavy (non-hydrogen) atoms. The second-order valence-corrected chi connectivity index (χ2v) is 3.98. The second kappa shape index (κ2) is 4.93. The zero-order valence-corrected chi connectivity index (χ0v) is 9.69. The standard InChI is InChI=1S/C12H10ClN3O/c13-9-6-10(12(14)16-7-9)11(17)5-8-1-3-15-4-2-8/h1-4,6-7H,5H2,(H2,14,16). The van der Waals surface area contributed by atoms with Crippen LogP contribution in [0, 0.1) is 0 Å². The fourth-order valence-electron chi connectivity index (χ4n) is 1.45. The molecular weight excluding hydrogens is 238 g/mol. The minimum atomic E-state index is -0.108. The van der Waals surface area contributed by atoms with Crippen LogP contribution in [0.2, 0.25) is 5.02 Å². The topological polar surface area (TPSA) is 68.9 Å². The average Bonchev–Trinajstić information content (AvgIpc) is 2.33. The maximum absolute atomic E-state index is 12.0. The molecule has 0 radical (unpaired) electrons. The maximum Gasteiger partial charge on any atom is 0.170 e. The molecule has 0 aromatic carbocycles. The normalized spacial score (nSPS) is 10.2. The van der Waals surface area contributed by atoms with E-state index in [-0.39, 0.29) is 18.0 Å². The van der Waals surface area contributed by atoms with Crippen molar-refractivity contribution in [1.29, 1.82) is 0 Å². The molecule has 0 spiro atoms. The minimum Gasteiger partial charge on any atom is -0.383 e. The summed E-state index contributed by atoms with van der Waals surface area (Å²) in [6, 6.07) is 5.10. The van der Waals surface area contributed by atoms with Gasteiger partial charge in [-0.3, -0.25) is 9.78 Å². The van der Waals surface area contributed by atoms with Gasteiger partial charge in [-0.05, 0) is 23.8 Å². The third kappa shape index (κ3) is 2.79. The molecule has 0 fully saturated rings. The van der Waals surface area contributed by atoms with Crippen LogP contribution in [-0.2, 0) is 6.42 Å². The number of nitrogen functional groups attached to an aromatic ring is 1. The monoisotopic (exact) mass is 247 g/mol. The number of pyridine rings is 2. The van der Waals surface area contributed by atoms with E-state index in [0.717, 1.165) is 5.56 Å². The smallest absolute Gasteiger partial charge is 0.170 e. The third-order valence-electron chi connectivity index (χ3n) is 2.30. The van der Waals surface area contributed by atoms with Crippen LogP contribution in [0.15, 0.2) is 36.8 Å². The number of ketones is 1. The van der Waals surface area contributed by atoms with E-state index in [0.29, 0.717) is 10.6 Å². The summed E-state index contributed by atoms with van der Waals surface area (Å²) in [6.07, 6.45) is 4.96. The number of hydrogen-bond acceptors (Lipinski definition) is 4. The van der Waals surface area contributed by atoms with E-state index in [2.05, 4.69) is 9.97 Å². The van der Waals surface area contributed by atoms with Gasteiger partial charge in [-0.2, -0.15) is 0 Å². The molecule has 2 heterocycles. The fraction of sp³-hybridized carbons (Fsp3) is 0.0833. The zero-order valence-electron chi connectivity index (χ0n) is 8.93. The Labute approximate surface area is 103 Å². The van der Waals surface area contributed by atoms with Crippen LogP contribution in [0.1, 0.15) is 15.9 Å². The van der Waals surface area contributed by atoms with Crippen molar-refractivity contribution in [2.24, 2.45) is 0 Å². The van der Waals surface area contributed by atoms with Gasteiger partial charge >= 0.3 is 0 Å². The lowest BCUT2D eigenvalue weighted by Crippen LogP contribution is -2.08. The van der Waals surface area contributed by atoms with Gasteiger partial charge in [0.2, 0.25) is 0 Å². The highest BCUT2D eigenvalue weighted by Crippen LogP contribution is 2.17. The van der Waals surface area contributed by atoms with E-state index in [1.165, 1.54) is 12.3 Å². The third-order valence-corrected chi connectivity index (χ3v) is 2.51. The molecule has 2 aromatic rings. The highest BCUT2D eigenvalue weighted by Gasteiger charge is 2.12. The molecule has 2 N–H and O–H groups in total. The number of Topliss-reactive ketones (excluding diaryl/α,β-unsaturated/α-hetero) is 1. The molecule has 4 nitrogen and oxygen atoms in total. The Hall–Kier alpha value is -1.94. The number of halogens is 1. The summed E-state index contributed by atoms with van der Waals surface area (Å²) in [7, 11) is 0. The Morgan fingerprint density at radius 3 is 2.76 bits per heavy atom. The quantitative estimate of drug-likeness (QED) is 0.844. The van der Waals surface area contributed by atoms with Crippen LogP contribution in [-0.4, -0.2) is 15.8 Å². The molecule has 0 aliphatic rings. The van der Waals surface area contributed by atoms with Gasteiger partial charge in [0, 0.05) is 25.0 Å². The van der Waals surface area contributed by atoms with Gasteiger partial charge in [0.05, 0.1) is 10.6 Å². The Balaban J connectivity index is 2.23. The summed E-state index contributed by atoms with van der Waals surface area (Å²) in [5.41, 5.74) is 6.88. The molecule has 2 aromatic heterocycles. The van der Waals surface area contributed by atoms with Crippen molar-refractivity contribution >= 4 is 23.2 Å². The van der Waals surface area contributed by atoms with Crippen LogP contribution in [0.4, 0.5) is 5.82 Å². The van der Waals surface area contributed by atoms with E-state index in [1.807, 2.05) is 0 Å². The number of rotatable bonds is 3. The van der Waals surface area contributed by atoms with Crippen molar-refractivity contribution < 1.29 is 4.79 Å². The molecular formula is C12H10ClN3O. The second-order valence-electron chi connectivity index (χ2n) is 3.54. The predicted molar refractivity (Wildman–Crippen MR) is 65.9 cm³/mol. The van der Waals surface area contributed by atoms with E-state index in [9.17, 15) is 4.79 Å². The highest BCUT2D eigenvalue weighted by molar-refractivity contribution is 6.31. The van der Waals surface area contributed by atoms with E-state index in [4.69, 9.17) is 17.3 Å². The van der Waals surface area contributed by atoms with E-state index >= 15 is 0 Å². The maximum atomic E-state index is 12.0. The molecule has 86 valence electrons. The number of carbonyl (C=O) groups excluding carboxylic acids is 1. The van der Waals surface area contributed by atoms with Crippen molar-refractivity contribution in [3.8, 4) is 0 Å². The lowest BCUT2D eigenvalue weighted by Gasteiger charge is -2.04. The van der Waals surface area contributed by atoms with Gasteiger partial charge < -0.3 is 5.73 Å². The van der Waals surface area contributed by atoms with E-state index < -0.39 is 0 Å². The van der Waals surface area contributed by atoms with E-state index in [1.54, 1.807) is 24.5 Å². The van der Waals surface area contributed by atoms with Crippen molar-refractivity contribution in [2.75, 3.05) is 5.73 Å². The molecule has 0 bridgehead atoms. The van der Waals surface area contributed by atoms with Gasteiger partial charge in [0.15, 0.2) is 5.78 Å². The fourth-order valence-corrected chi connectivity index (χ4v) is 1.61. The number of nitrogens with zero attached hydrogens (tertiary/aromatic N) is 2. The summed E-state index contributed by atoms with van der Waals surface area (Å²) < 4.78 is 0.